The zero-order valence-electron chi connectivity index (χ0n) is 27.1. The Labute approximate surface area is 285 Å². The van der Waals surface area contributed by atoms with Crippen LogP contribution in [0.5, 0.6) is 0 Å². The molecule has 2 unspecified atom stereocenters. The molecule has 12 heteroatoms. The van der Waals surface area contributed by atoms with Gasteiger partial charge >= 0.3 is 5.97 Å². The average molecular weight is 676 g/mol. The molecule has 1 saturated heterocycles. The maximum atomic E-state index is 14.2. The SMILES string of the molecule is CC(=O)NCCC1([C@H](O)NC(Cc2ccc(N3C(=O)[C@@H](Cc4cccnc4)N(C(C)=O)C3c3ccc(Cl)cc3)cc2)C(=O)O)CCCC1. The maximum absolute atomic E-state index is 14.2. The van der Waals surface area contributed by atoms with Crippen LogP contribution in [0.25, 0.3) is 0 Å². The van der Waals surface area contributed by atoms with Crippen LogP contribution in [0.2, 0.25) is 5.02 Å². The second-order valence-corrected chi connectivity index (χ2v) is 13.2. The number of aliphatic hydroxyl groups excluding tert-OH is 1. The Balaban J connectivity index is 1.38. The van der Waals surface area contributed by atoms with Crippen LogP contribution in [0.1, 0.15) is 68.8 Å². The molecule has 0 spiro atoms. The molecule has 4 atom stereocenters. The van der Waals surface area contributed by atoms with Crippen molar-refractivity contribution in [1.82, 2.24) is 20.5 Å². The highest BCUT2D eigenvalue weighted by molar-refractivity contribution is 6.30. The van der Waals surface area contributed by atoms with Gasteiger partial charge in [0.2, 0.25) is 11.8 Å². The minimum absolute atomic E-state index is 0.0895. The van der Waals surface area contributed by atoms with E-state index in [2.05, 4.69) is 15.6 Å². The minimum Gasteiger partial charge on any atom is -0.480 e. The quantitative estimate of drug-likeness (QED) is 0.197. The van der Waals surface area contributed by atoms with Gasteiger partial charge in [0.25, 0.3) is 5.91 Å². The Kier molecular flexibility index (Phi) is 11.1. The highest BCUT2D eigenvalue weighted by Crippen LogP contribution is 2.43. The van der Waals surface area contributed by atoms with E-state index in [0.717, 1.165) is 31.2 Å². The molecule has 4 N–H and O–H groups in total. The number of aliphatic carboxylic acids is 1. The lowest BCUT2D eigenvalue weighted by Crippen LogP contribution is -2.52. The lowest BCUT2D eigenvalue weighted by atomic mass is 9.80. The van der Waals surface area contributed by atoms with Crippen molar-refractivity contribution in [3.05, 3.63) is 94.8 Å². The third-order valence-corrected chi connectivity index (χ3v) is 9.79. The van der Waals surface area contributed by atoms with E-state index in [0.29, 0.717) is 34.8 Å². The number of hydrogen-bond acceptors (Lipinski definition) is 7. The number of anilines is 1. The Morgan fingerprint density at radius 3 is 2.29 bits per heavy atom. The molecule has 0 bridgehead atoms. The summed E-state index contributed by atoms with van der Waals surface area (Å²) in [5.41, 5.74) is 2.24. The molecule has 1 aromatic heterocycles. The van der Waals surface area contributed by atoms with Crippen molar-refractivity contribution in [2.24, 2.45) is 5.41 Å². The molecular weight excluding hydrogens is 634 g/mol. The van der Waals surface area contributed by atoms with E-state index in [1.54, 1.807) is 76.8 Å². The fraction of sp³-hybridized carbons (Fsp3) is 0.417. The molecule has 0 radical (unpaired) electrons. The average Bonchev–Trinajstić information content (AvgIpc) is 3.65. The summed E-state index contributed by atoms with van der Waals surface area (Å²) >= 11 is 6.18. The van der Waals surface area contributed by atoms with Crippen LogP contribution in [0.3, 0.4) is 0 Å². The third-order valence-electron chi connectivity index (χ3n) is 9.54. The number of pyridine rings is 1. The van der Waals surface area contributed by atoms with Crippen molar-refractivity contribution in [2.75, 3.05) is 11.4 Å². The number of carboxylic acid groups (broad SMARTS) is 1. The van der Waals surface area contributed by atoms with Crippen LogP contribution in [-0.4, -0.2) is 68.6 Å². The van der Waals surface area contributed by atoms with Gasteiger partial charge in [0.05, 0.1) is 0 Å². The lowest BCUT2D eigenvalue weighted by Gasteiger charge is -2.36. The van der Waals surface area contributed by atoms with E-state index in [9.17, 15) is 29.4 Å². The first-order valence-corrected chi connectivity index (χ1v) is 16.6. The first-order chi connectivity index (χ1) is 23.0. The van der Waals surface area contributed by atoms with Crippen molar-refractivity contribution >= 4 is 41.0 Å². The first kappa shape index (κ1) is 35.0. The predicted molar refractivity (Wildman–Crippen MR) is 181 cm³/mol. The Morgan fingerprint density at radius 2 is 1.71 bits per heavy atom. The zero-order valence-corrected chi connectivity index (χ0v) is 27.9. The van der Waals surface area contributed by atoms with Gasteiger partial charge in [0, 0.05) is 55.3 Å². The molecule has 3 amide bonds. The summed E-state index contributed by atoms with van der Waals surface area (Å²) in [6, 6.07) is 15.9. The van der Waals surface area contributed by atoms with Crippen molar-refractivity contribution in [3.63, 3.8) is 0 Å². The van der Waals surface area contributed by atoms with E-state index >= 15 is 0 Å². The fourth-order valence-electron chi connectivity index (χ4n) is 7.07. The monoisotopic (exact) mass is 675 g/mol. The summed E-state index contributed by atoms with van der Waals surface area (Å²) < 4.78 is 0. The van der Waals surface area contributed by atoms with E-state index in [1.807, 2.05) is 6.07 Å². The number of nitrogens with zero attached hydrogens (tertiary/aromatic N) is 3. The summed E-state index contributed by atoms with van der Waals surface area (Å²) in [6.45, 7) is 3.30. The van der Waals surface area contributed by atoms with Crippen LogP contribution < -0.4 is 15.5 Å². The van der Waals surface area contributed by atoms with Gasteiger partial charge in [-0.05, 0) is 72.7 Å². The van der Waals surface area contributed by atoms with Crippen LogP contribution in [0, 0.1) is 5.41 Å². The number of benzene rings is 2. The number of hydrogen-bond donors (Lipinski definition) is 4. The molecular formula is C36H42ClN5O6. The Bertz CT molecular complexity index is 1600. The van der Waals surface area contributed by atoms with Crippen molar-refractivity contribution in [1.29, 1.82) is 0 Å². The third kappa shape index (κ3) is 7.86. The number of rotatable bonds is 13. The maximum Gasteiger partial charge on any atom is 0.321 e. The van der Waals surface area contributed by atoms with Crippen molar-refractivity contribution in [3.8, 4) is 0 Å². The van der Waals surface area contributed by atoms with Gasteiger partial charge in [0.1, 0.15) is 24.5 Å². The number of amides is 3. The molecule has 3 aromatic rings. The summed E-state index contributed by atoms with van der Waals surface area (Å²) in [6.07, 6.45) is 5.77. The van der Waals surface area contributed by atoms with Gasteiger partial charge < -0.3 is 20.4 Å². The van der Waals surface area contributed by atoms with Crippen LogP contribution in [-0.2, 0) is 32.0 Å². The molecule has 254 valence electrons. The number of aliphatic hydroxyl groups is 1. The van der Waals surface area contributed by atoms with Gasteiger partial charge in [0.15, 0.2) is 0 Å². The second-order valence-electron chi connectivity index (χ2n) is 12.8. The number of carboxylic acids is 1. The topological polar surface area (TPSA) is 152 Å². The van der Waals surface area contributed by atoms with Gasteiger partial charge in [-0.15, -0.1) is 0 Å². The first-order valence-electron chi connectivity index (χ1n) is 16.3. The number of nitrogens with one attached hydrogen (secondary N) is 2. The summed E-state index contributed by atoms with van der Waals surface area (Å²) in [5.74, 6) is -1.76. The van der Waals surface area contributed by atoms with E-state index in [4.69, 9.17) is 11.6 Å². The predicted octanol–water partition coefficient (Wildman–Crippen LogP) is 4.23. The summed E-state index contributed by atoms with van der Waals surface area (Å²) in [4.78, 5) is 58.5. The van der Waals surface area contributed by atoms with E-state index in [1.165, 1.54) is 13.8 Å². The summed E-state index contributed by atoms with van der Waals surface area (Å²) in [5, 5.41) is 27.6. The van der Waals surface area contributed by atoms with Gasteiger partial charge in [-0.2, -0.15) is 0 Å². The molecule has 2 fully saturated rings. The van der Waals surface area contributed by atoms with E-state index < -0.39 is 35.9 Å². The fourth-order valence-corrected chi connectivity index (χ4v) is 7.19. The molecule has 1 saturated carbocycles. The highest BCUT2D eigenvalue weighted by atomic mass is 35.5. The molecule has 1 aliphatic carbocycles. The molecule has 2 aromatic carbocycles. The Hall–Kier alpha value is -4.32. The second kappa shape index (κ2) is 15.3. The minimum atomic E-state index is -1.10. The molecule has 11 nitrogen and oxygen atoms in total. The van der Waals surface area contributed by atoms with Crippen molar-refractivity contribution < 1.29 is 29.4 Å². The Morgan fingerprint density at radius 1 is 1.02 bits per heavy atom. The lowest BCUT2D eigenvalue weighted by molar-refractivity contribution is -0.141. The molecule has 1 aliphatic heterocycles. The molecule has 48 heavy (non-hydrogen) atoms. The van der Waals surface area contributed by atoms with Crippen LogP contribution in [0.4, 0.5) is 5.69 Å². The molecule has 5 rings (SSSR count). The largest absolute Gasteiger partial charge is 0.480 e. The molecule has 2 heterocycles. The smallest absolute Gasteiger partial charge is 0.321 e. The summed E-state index contributed by atoms with van der Waals surface area (Å²) in [7, 11) is 0. The van der Waals surface area contributed by atoms with Gasteiger partial charge in [-0.1, -0.05) is 54.8 Å². The zero-order chi connectivity index (χ0) is 34.4. The van der Waals surface area contributed by atoms with Gasteiger partial charge in [-0.25, -0.2) is 0 Å². The normalized spacial score (nSPS) is 20.0. The number of halogens is 1. The van der Waals surface area contributed by atoms with Crippen LogP contribution >= 0.6 is 11.6 Å². The van der Waals surface area contributed by atoms with Crippen LogP contribution in [0.15, 0.2) is 73.1 Å². The van der Waals surface area contributed by atoms with E-state index in [-0.39, 0.29) is 30.6 Å². The van der Waals surface area contributed by atoms with Crippen molar-refractivity contribution in [2.45, 2.75) is 83.3 Å². The standard InChI is InChI=1S/C36H42ClN5O6/c1-23(43)39-19-17-36(15-3-4-16-36)35(48)40-30(34(46)47)20-25-7-13-29(14-8-25)42-32(27-9-11-28(37)12-10-27)41(24(2)44)31(33(42)45)21-26-6-5-18-38-22-26/h5-14,18,22,30-32,35,40,48H,3-4,15-17,19-21H2,1-2H3,(H,39,43)(H,46,47)/t30?,31-,32?,35+/m1/s1. The number of carbonyl (C=O) groups is 4. The highest BCUT2D eigenvalue weighted by Gasteiger charge is 2.49. The van der Waals surface area contributed by atoms with Gasteiger partial charge in [-0.3, -0.25) is 34.4 Å². The number of carbonyl (C=O) groups excluding carboxylic acids is 3. The number of aromatic nitrogens is 1. The molecule has 2 aliphatic rings.